The third kappa shape index (κ3) is 7.09. The normalized spacial score (nSPS) is 10.2. The van der Waals surface area contributed by atoms with Crippen LogP contribution in [0.4, 0.5) is 13.2 Å². The van der Waals surface area contributed by atoms with Crippen LogP contribution in [0.25, 0.3) is 0 Å². The Morgan fingerprint density at radius 1 is 1.27 bits per heavy atom. The van der Waals surface area contributed by atoms with Crippen LogP contribution in [0.5, 0.6) is 0 Å². The second-order valence-corrected chi connectivity index (χ2v) is 1.80. The minimum absolute atomic E-state index is 0. The van der Waals surface area contributed by atoms with Crippen molar-refractivity contribution in [1.82, 2.24) is 0 Å². The monoisotopic (exact) mass is 307 g/mol. The SMILES string of the molecule is CC(=O)CC(=O)C(F)(F)F.[Eu]. The molecule has 0 rings (SSSR count). The molecule has 65 valence electrons. The zero-order valence-electron chi connectivity index (χ0n) is 5.54. The molecule has 0 aromatic carbocycles. The van der Waals surface area contributed by atoms with Crippen molar-refractivity contribution in [3.05, 3.63) is 0 Å². The van der Waals surface area contributed by atoms with Crippen molar-refractivity contribution >= 4 is 11.6 Å². The standard InChI is InChI=1S/C5H5F3O2.Eu/c1-3(9)2-4(10)5(6,7)8;/h2H2,1H3;. The Morgan fingerprint density at radius 2 is 1.64 bits per heavy atom. The van der Waals surface area contributed by atoms with Gasteiger partial charge in [0.25, 0.3) is 0 Å². The molecule has 0 unspecified atom stereocenters. The molecule has 0 aromatic rings. The van der Waals surface area contributed by atoms with Crippen LogP contribution in [0, 0.1) is 49.4 Å². The average molecular weight is 306 g/mol. The summed E-state index contributed by atoms with van der Waals surface area (Å²) in [4.78, 5) is 19.9. The predicted molar refractivity (Wildman–Crippen MR) is 26.4 cm³/mol. The van der Waals surface area contributed by atoms with Gasteiger partial charge in [-0.2, -0.15) is 13.2 Å². The van der Waals surface area contributed by atoms with Gasteiger partial charge in [0.05, 0.1) is 6.42 Å². The predicted octanol–water partition coefficient (Wildman–Crippen LogP) is 1.10. The first kappa shape index (κ1) is 14.3. The number of carbonyl (C=O) groups excluding carboxylic acids is 2. The van der Waals surface area contributed by atoms with E-state index in [1.807, 2.05) is 0 Å². The number of hydrogen-bond donors (Lipinski definition) is 0. The van der Waals surface area contributed by atoms with Crippen LogP contribution >= 0.6 is 0 Å². The van der Waals surface area contributed by atoms with Gasteiger partial charge in [-0.3, -0.25) is 9.59 Å². The third-order valence-electron chi connectivity index (χ3n) is 0.726. The van der Waals surface area contributed by atoms with Crippen LogP contribution in [0.1, 0.15) is 13.3 Å². The van der Waals surface area contributed by atoms with E-state index in [4.69, 9.17) is 0 Å². The van der Waals surface area contributed by atoms with Gasteiger partial charge in [-0.25, -0.2) is 0 Å². The van der Waals surface area contributed by atoms with Gasteiger partial charge < -0.3 is 0 Å². The zero-order valence-corrected chi connectivity index (χ0v) is 7.96. The summed E-state index contributed by atoms with van der Waals surface area (Å²) in [5.41, 5.74) is 0. The topological polar surface area (TPSA) is 34.1 Å². The van der Waals surface area contributed by atoms with E-state index in [0.29, 0.717) is 0 Å². The molecule has 0 fully saturated rings. The fourth-order valence-corrected chi connectivity index (χ4v) is 0.326. The second kappa shape index (κ2) is 5.38. The van der Waals surface area contributed by atoms with E-state index in [1.165, 1.54) is 0 Å². The molecule has 0 atom stereocenters. The van der Waals surface area contributed by atoms with Crippen LogP contribution < -0.4 is 0 Å². The van der Waals surface area contributed by atoms with Crippen LogP contribution in [-0.4, -0.2) is 17.7 Å². The maximum atomic E-state index is 11.3. The molecule has 0 bridgehead atoms. The molecule has 1 radical (unpaired) electrons. The quantitative estimate of drug-likeness (QED) is 0.716. The smallest absolute Gasteiger partial charge is 0.300 e. The second-order valence-electron chi connectivity index (χ2n) is 1.80. The fraction of sp³-hybridized carbons (Fsp3) is 0.600. The van der Waals surface area contributed by atoms with E-state index in [-0.39, 0.29) is 49.4 Å². The summed E-state index contributed by atoms with van der Waals surface area (Å²) < 4.78 is 33.9. The Balaban J connectivity index is 0. The number of alkyl halides is 3. The molecule has 0 saturated carbocycles. The minimum atomic E-state index is -4.87. The van der Waals surface area contributed by atoms with E-state index in [0.717, 1.165) is 6.92 Å². The van der Waals surface area contributed by atoms with Gasteiger partial charge >= 0.3 is 6.18 Å². The molecule has 0 aliphatic carbocycles. The van der Waals surface area contributed by atoms with Crippen molar-refractivity contribution < 1.29 is 72.1 Å². The summed E-state index contributed by atoms with van der Waals surface area (Å²) in [5.74, 6) is -2.76. The van der Waals surface area contributed by atoms with Crippen LogP contribution in [-0.2, 0) is 9.59 Å². The molecule has 0 spiro atoms. The Kier molecular flexibility index (Phi) is 6.96. The van der Waals surface area contributed by atoms with E-state index in [9.17, 15) is 22.8 Å². The van der Waals surface area contributed by atoms with Crippen molar-refractivity contribution in [2.24, 2.45) is 0 Å². The molecule has 11 heavy (non-hydrogen) atoms. The molecule has 0 aromatic heterocycles. The van der Waals surface area contributed by atoms with Crippen LogP contribution in [0.3, 0.4) is 0 Å². The van der Waals surface area contributed by atoms with Gasteiger partial charge in [-0.1, -0.05) is 0 Å². The molecule has 0 amide bonds. The fourth-order valence-electron chi connectivity index (χ4n) is 0.326. The van der Waals surface area contributed by atoms with Crippen molar-refractivity contribution in [2.75, 3.05) is 0 Å². The molecule has 6 heteroatoms. The molecule has 0 aliphatic rings. The molecule has 0 saturated heterocycles. The average Bonchev–Trinajstić information content (AvgIpc) is 1.60. The summed E-state index contributed by atoms with van der Waals surface area (Å²) in [6, 6.07) is 0. The number of halogens is 3. The van der Waals surface area contributed by atoms with Gasteiger partial charge in [0, 0.05) is 49.4 Å². The molecular formula is C5H5EuF3O2. The number of hydrogen-bond acceptors (Lipinski definition) is 2. The van der Waals surface area contributed by atoms with Crippen LogP contribution in [0.2, 0.25) is 0 Å². The Hall–Kier alpha value is 0.714. The maximum Gasteiger partial charge on any atom is 0.450 e. The summed E-state index contributed by atoms with van der Waals surface area (Å²) in [7, 11) is 0. The largest absolute Gasteiger partial charge is 0.450 e. The molecule has 2 nitrogen and oxygen atoms in total. The van der Waals surface area contributed by atoms with Gasteiger partial charge in [0.15, 0.2) is 0 Å². The first-order valence-corrected chi connectivity index (χ1v) is 2.43. The van der Waals surface area contributed by atoms with Crippen molar-refractivity contribution in [1.29, 1.82) is 0 Å². The number of ketones is 2. The first-order chi connectivity index (χ1) is 4.34. The van der Waals surface area contributed by atoms with Gasteiger partial charge in [-0.05, 0) is 6.92 Å². The van der Waals surface area contributed by atoms with E-state index in [1.54, 1.807) is 0 Å². The van der Waals surface area contributed by atoms with E-state index >= 15 is 0 Å². The van der Waals surface area contributed by atoms with Crippen LogP contribution in [0.15, 0.2) is 0 Å². The zero-order chi connectivity index (χ0) is 8.36. The summed E-state index contributed by atoms with van der Waals surface area (Å²) in [6.07, 6.45) is -5.92. The van der Waals surface area contributed by atoms with Crippen molar-refractivity contribution in [3.8, 4) is 0 Å². The number of Topliss-reactive ketones (excluding diaryl/α,β-unsaturated/α-hetero) is 2. The summed E-state index contributed by atoms with van der Waals surface area (Å²) >= 11 is 0. The minimum Gasteiger partial charge on any atom is -0.300 e. The Bertz CT molecular complexity index is 164. The van der Waals surface area contributed by atoms with Crippen molar-refractivity contribution in [2.45, 2.75) is 19.5 Å². The van der Waals surface area contributed by atoms with Gasteiger partial charge in [0.2, 0.25) is 5.78 Å². The third-order valence-corrected chi connectivity index (χ3v) is 0.726. The summed E-state index contributed by atoms with van der Waals surface area (Å²) in [5, 5.41) is 0. The first-order valence-electron chi connectivity index (χ1n) is 2.43. The van der Waals surface area contributed by atoms with Crippen molar-refractivity contribution in [3.63, 3.8) is 0 Å². The van der Waals surface area contributed by atoms with Gasteiger partial charge in [0.1, 0.15) is 5.78 Å². The Morgan fingerprint density at radius 3 is 1.73 bits per heavy atom. The molecule has 0 heterocycles. The van der Waals surface area contributed by atoms with E-state index in [2.05, 4.69) is 0 Å². The maximum absolute atomic E-state index is 11.3. The van der Waals surface area contributed by atoms with E-state index < -0.39 is 24.2 Å². The molecule has 0 N–H and O–H groups in total. The summed E-state index contributed by atoms with van der Waals surface area (Å²) in [6.45, 7) is 0.934. The molecular weight excluding hydrogens is 301 g/mol. The molecule has 0 aliphatic heterocycles. The number of rotatable bonds is 2. The van der Waals surface area contributed by atoms with Gasteiger partial charge in [-0.15, -0.1) is 0 Å². The number of carbonyl (C=O) groups is 2. The Labute approximate surface area is 102 Å².